The first-order valence-electron chi connectivity index (χ1n) is 11.2. The van der Waals surface area contributed by atoms with Gasteiger partial charge in [0.2, 0.25) is 21.8 Å². The predicted molar refractivity (Wildman–Crippen MR) is 135 cm³/mol. The highest BCUT2D eigenvalue weighted by atomic mass is 35.5. The van der Waals surface area contributed by atoms with E-state index in [0.717, 1.165) is 36.2 Å². The van der Waals surface area contributed by atoms with E-state index in [1.54, 1.807) is 6.92 Å². The van der Waals surface area contributed by atoms with E-state index in [-0.39, 0.29) is 34.2 Å². The molecule has 1 atom stereocenters. The van der Waals surface area contributed by atoms with E-state index >= 15 is 0 Å². The van der Waals surface area contributed by atoms with Gasteiger partial charge in [-0.3, -0.25) is 13.9 Å². The second kappa shape index (κ2) is 11.6. The fraction of sp³-hybridized carbons (Fsp3) is 0.417. The van der Waals surface area contributed by atoms with Crippen molar-refractivity contribution in [3.8, 4) is 0 Å². The summed E-state index contributed by atoms with van der Waals surface area (Å²) in [6, 6.07) is 9.00. The van der Waals surface area contributed by atoms with Crippen LogP contribution in [0.2, 0.25) is 10.0 Å². The molecule has 0 saturated heterocycles. The second-order valence-corrected chi connectivity index (χ2v) is 11.4. The van der Waals surface area contributed by atoms with E-state index < -0.39 is 34.3 Å². The number of halogens is 3. The summed E-state index contributed by atoms with van der Waals surface area (Å²) >= 11 is 12.3. The number of benzene rings is 2. The maximum absolute atomic E-state index is 13.5. The zero-order chi connectivity index (χ0) is 25.8. The highest BCUT2D eigenvalue weighted by Gasteiger charge is 2.32. The first-order chi connectivity index (χ1) is 16.5. The third-order valence-electron chi connectivity index (χ3n) is 5.99. The van der Waals surface area contributed by atoms with E-state index in [9.17, 15) is 22.4 Å². The number of carbonyl (C=O) groups is 2. The minimum Gasteiger partial charge on any atom is -0.352 e. The van der Waals surface area contributed by atoms with Gasteiger partial charge in [0.05, 0.1) is 17.0 Å². The maximum Gasteiger partial charge on any atom is 0.244 e. The molecule has 3 rings (SSSR count). The highest BCUT2D eigenvalue weighted by Crippen LogP contribution is 2.31. The zero-order valence-corrected chi connectivity index (χ0v) is 21.8. The summed E-state index contributed by atoms with van der Waals surface area (Å²) in [7, 11) is -3.94. The third kappa shape index (κ3) is 7.32. The van der Waals surface area contributed by atoms with Crippen molar-refractivity contribution in [1.82, 2.24) is 10.2 Å². The highest BCUT2D eigenvalue weighted by molar-refractivity contribution is 7.92. The van der Waals surface area contributed by atoms with Crippen LogP contribution in [-0.2, 0) is 26.2 Å². The zero-order valence-electron chi connectivity index (χ0n) is 19.5. The Balaban J connectivity index is 1.90. The molecule has 2 aromatic rings. The van der Waals surface area contributed by atoms with Gasteiger partial charge in [-0.15, -0.1) is 0 Å². The first kappa shape index (κ1) is 27.2. The lowest BCUT2D eigenvalue weighted by Gasteiger charge is -2.32. The van der Waals surface area contributed by atoms with Crippen LogP contribution in [0.4, 0.5) is 10.1 Å². The van der Waals surface area contributed by atoms with Crippen LogP contribution in [0.1, 0.15) is 38.2 Å². The SMILES string of the molecule is C[C@@H](C(=O)NC1CCCC1)N(Cc1ccc(F)cc1)C(=O)CN(c1cc(Cl)ccc1Cl)S(C)(=O)=O. The van der Waals surface area contributed by atoms with Crippen LogP contribution < -0.4 is 9.62 Å². The van der Waals surface area contributed by atoms with Crippen molar-refractivity contribution in [2.45, 2.75) is 51.2 Å². The first-order valence-corrected chi connectivity index (χ1v) is 13.8. The Morgan fingerprint density at radius 3 is 2.34 bits per heavy atom. The summed E-state index contributed by atoms with van der Waals surface area (Å²) in [5.41, 5.74) is 0.645. The monoisotopic (exact) mass is 543 g/mol. The minimum absolute atomic E-state index is 0.0146. The van der Waals surface area contributed by atoms with Crippen LogP contribution in [0.15, 0.2) is 42.5 Å². The van der Waals surface area contributed by atoms with Gasteiger partial charge in [0.1, 0.15) is 18.4 Å². The Kier molecular flexibility index (Phi) is 9.01. The Bertz CT molecular complexity index is 1170. The predicted octanol–water partition coefficient (Wildman–Crippen LogP) is 4.37. The summed E-state index contributed by atoms with van der Waals surface area (Å²) in [4.78, 5) is 27.8. The van der Waals surface area contributed by atoms with Crippen LogP contribution in [0.3, 0.4) is 0 Å². The van der Waals surface area contributed by atoms with Gasteiger partial charge in [0.15, 0.2) is 0 Å². The summed E-state index contributed by atoms with van der Waals surface area (Å²) in [6.45, 7) is 0.975. The molecule has 0 spiro atoms. The Labute approximate surface area is 215 Å². The normalized spacial score (nSPS) is 15.0. The van der Waals surface area contributed by atoms with Crippen molar-refractivity contribution < 1.29 is 22.4 Å². The summed E-state index contributed by atoms with van der Waals surface area (Å²) in [5, 5.41) is 3.33. The van der Waals surface area contributed by atoms with Crippen molar-refractivity contribution >= 4 is 50.7 Å². The minimum atomic E-state index is -3.94. The van der Waals surface area contributed by atoms with E-state index in [2.05, 4.69) is 5.32 Å². The number of sulfonamides is 1. The molecule has 0 unspecified atom stereocenters. The lowest BCUT2D eigenvalue weighted by atomic mass is 10.1. The number of amides is 2. The molecule has 35 heavy (non-hydrogen) atoms. The van der Waals surface area contributed by atoms with Crippen LogP contribution in [0.25, 0.3) is 0 Å². The average Bonchev–Trinajstić information content (AvgIpc) is 3.30. The standard InChI is InChI=1S/C24H28Cl2FN3O4S/c1-16(24(32)28-20-5-3-4-6-20)29(14-17-7-10-19(27)11-8-17)23(31)15-30(35(2,33)34)22-13-18(25)9-12-21(22)26/h7-13,16,20H,3-6,14-15H2,1-2H3,(H,28,32)/t16-/m0/s1. The molecule has 1 saturated carbocycles. The lowest BCUT2D eigenvalue weighted by Crippen LogP contribution is -2.52. The number of carbonyl (C=O) groups excluding carboxylic acids is 2. The van der Waals surface area contributed by atoms with Gasteiger partial charge >= 0.3 is 0 Å². The molecule has 0 radical (unpaired) electrons. The summed E-state index contributed by atoms with van der Waals surface area (Å²) in [5.74, 6) is -1.39. The van der Waals surface area contributed by atoms with Gasteiger partial charge in [-0.25, -0.2) is 12.8 Å². The van der Waals surface area contributed by atoms with Gasteiger partial charge in [-0.2, -0.15) is 0 Å². The van der Waals surface area contributed by atoms with Crippen molar-refractivity contribution in [3.05, 3.63) is 63.9 Å². The maximum atomic E-state index is 13.5. The molecule has 1 fully saturated rings. The van der Waals surface area contributed by atoms with Gasteiger partial charge in [-0.05, 0) is 55.7 Å². The van der Waals surface area contributed by atoms with Gasteiger partial charge in [0, 0.05) is 17.6 Å². The molecule has 2 aromatic carbocycles. The van der Waals surface area contributed by atoms with E-state index in [1.807, 2.05) is 0 Å². The molecule has 2 amide bonds. The van der Waals surface area contributed by atoms with E-state index in [1.165, 1.54) is 47.4 Å². The van der Waals surface area contributed by atoms with Gasteiger partial charge < -0.3 is 10.2 Å². The summed E-state index contributed by atoms with van der Waals surface area (Å²) in [6.07, 6.45) is 4.76. The summed E-state index contributed by atoms with van der Waals surface area (Å²) < 4.78 is 39.5. The number of hydrogen-bond acceptors (Lipinski definition) is 4. The molecule has 11 heteroatoms. The number of nitrogens with one attached hydrogen (secondary N) is 1. The molecular formula is C24H28Cl2FN3O4S. The molecule has 1 aliphatic carbocycles. The number of hydrogen-bond donors (Lipinski definition) is 1. The topological polar surface area (TPSA) is 86.8 Å². The number of nitrogens with zero attached hydrogens (tertiary/aromatic N) is 2. The van der Waals surface area contributed by atoms with Crippen LogP contribution in [0.5, 0.6) is 0 Å². The molecule has 1 aliphatic rings. The molecule has 1 N–H and O–H groups in total. The second-order valence-electron chi connectivity index (χ2n) is 8.68. The quantitative estimate of drug-likeness (QED) is 0.508. The van der Waals surface area contributed by atoms with Gasteiger partial charge in [-0.1, -0.05) is 48.2 Å². The lowest BCUT2D eigenvalue weighted by molar-refractivity contribution is -0.139. The van der Waals surface area contributed by atoms with Crippen LogP contribution in [-0.4, -0.2) is 50.0 Å². The van der Waals surface area contributed by atoms with Gasteiger partial charge in [0.25, 0.3) is 0 Å². The fourth-order valence-electron chi connectivity index (χ4n) is 4.03. The van der Waals surface area contributed by atoms with Crippen molar-refractivity contribution in [2.75, 3.05) is 17.1 Å². The largest absolute Gasteiger partial charge is 0.352 e. The smallest absolute Gasteiger partial charge is 0.244 e. The fourth-order valence-corrected chi connectivity index (χ4v) is 5.32. The molecule has 190 valence electrons. The molecular weight excluding hydrogens is 516 g/mol. The number of rotatable bonds is 9. The van der Waals surface area contributed by atoms with Crippen molar-refractivity contribution in [2.24, 2.45) is 0 Å². The molecule has 0 bridgehead atoms. The molecule has 0 aromatic heterocycles. The van der Waals surface area contributed by atoms with E-state index in [4.69, 9.17) is 23.2 Å². The van der Waals surface area contributed by atoms with Crippen LogP contribution in [0, 0.1) is 5.82 Å². The van der Waals surface area contributed by atoms with Crippen molar-refractivity contribution in [3.63, 3.8) is 0 Å². The van der Waals surface area contributed by atoms with E-state index in [0.29, 0.717) is 5.56 Å². The average molecular weight is 544 g/mol. The molecule has 0 aliphatic heterocycles. The van der Waals surface area contributed by atoms with Crippen molar-refractivity contribution in [1.29, 1.82) is 0 Å². The molecule has 7 nitrogen and oxygen atoms in total. The Morgan fingerprint density at radius 2 is 1.74 bits per heavy atom. The Hall–Kier alpha value is -2.36. The Morgan fingerprint density at radius 1 is 1.11 bits per heavy atom. The number of anilines is 1. The third-order valence-corrected chi connectivity index (χ3v) is 7.67. The van der Waals surface area contributed by atoms with Crippen LogP contribution >= 0.6 is 23.2 Å². The molecule has 0 heterocycles.